The summed E-state index contributed by atoms with van der Waals surface area (Å²) in [7, 11) is 1.94. The van der Waals surface area contributed by atoms with Gasteiger partial charge in [0.25, 0.3) is 5.91 Å². The first-order valence-corrected chi connectivity index (χ1v) is 10.4. The molecule has 5 heteroatoms. The zero-order valence-electron chi connectivity index (χ0n) is 15.9. The number of hydrogen-bond acceptors (Lipinski definition) is 3. The molecular weight excluding hydrogens is 354 g/mol. The van der Waals surface area contributed by atoms with Crippen LogP contribution in [-0.4, -0.2) is 33.7 Å². The molecule has 4 rings (SSSR count). The molecule has 3 heterocycles. The van der Waals surface area contributed by atoms with Crippen molar-refractivity contribution in [3.63, 3.8) is 0 Å². The second-order valence-electron chi connectivity index (χ2n) is 7.38. The summed E-state index contributed by atoms with van der Waals surface area (Å²) in [5, 5.41) is 4.52. The van der Waals surface area contributed by atoms with Gasteiger partial charge in [-0.05, 0) is 55.9 Å². The Bertz CT molecular complexity index is 901. The zero-order chi connectivity index (χ0) is 18.8. The van der Waals surface area contributed by atoms with E-state index in [1.165, 1.54) is 5.56 Å². The van der Waals surface area contributed by atoms with Crippen molar-refractivity contribution < 1.29 is 4.79 Å². The molecule has 2 aromatic heterocycles. The number of piperidine rings is 1. The Labute approximate surface area is 164 Å². The quantitative estimate of drug-likeness (QED) is 0.667. The third-order valence-electron chi connectivity index (χ3n) is 5.45. The molecule has 0 atom stereocenters. The predicted molar refractivity (Wildman–Crippen MR) is 110 cm³/mol. The van der Waals surface area contributed by atoms with Crippen LogP contribution in [0.15, 0.2) is 48.5 Å². The van der Waals surface area contributed by atoms with Crippen molar-refractivity contribution in [2.75, 3.05) is 13.1 Å². The van der Waals surface area contributed by atoms with Gasteiger partial charge in [0.2, 0.25) is 0 Å². The van der Waals surface area contributed by atoms with Crippen molar-refractivity contribution in [2.45, 2.75) is 26.2 Å². The largest absolute Gasteiger partial charge is 0.338 e. The summed E-state index contributed by atoms with van der Waals surface area (Å²) in [4.78, 5) is 16.8. The zero-order valence-corrected chi connectivity index (χ0v) is 16.7. The number of aryl methyl sites for hydroxylation is 2. The fourth-order valence-electron chi connectivity index (χ4n) is 3.71. The van der Waals surface area contributed by atoms with Crippen molar-refractivity contribution in [2.24, 2.45) is 13.0 Å². The van der Waals surface area contributed by atoms with Gasteiger partial charge in [-0.2, -0.15) is 5.10 Å². The molecular formula is C22H25N3OS. The summed E-state index contributed by atoms with van der Waals surface area (Å²) in [5.74, 6) is 0.837. The number of thiophene rings is 1. The minimum atomic E-state index is 0.164. The van der Waals surface area contributed by atoms with Crippen LogP contribution in [0.1, 0.15) is 33.8 Å². The standard InChI is InChI=1S/C22H25N3OS/c1-16-14-19(23-24(16)2)20-8-9-21(27-20)22(26)25-12-10-18(11-13-25)15-17-6-4-3-5-7-17/h3-9,14,18H,10-13,15H2,1-2H3. The van der Waals surface area contributed by atoms with E-state index in [0.29, 0.717) is 5.92 Å². The Balaban J connectivity index is 1.37. The van der Waals surface area contributed by atoms with Crippen molar-refractivity contribution in [1.82, 2.24) is 14.7 Å². The molecule has 3 aromatic rings. The van der Waals surface area contributed by atoms with Gasteiger partial charge in [0, 0.05) is 25.8 Å². The van der Waals surface area contributed by atoms with E-state index in [-0.39, 0.29) is 5.91 Å². The van der Waals surface area contributed by atoms with Gasteiger partial charge in [0.1, 0.15) is 5.69 Å². The maximum absolute atomic E-state index is 12.9. The van der Waals surface area contributed by atoms with Crippen LogP contribution in [0.2, 0.25) is 0 Å². The van der Waals surface area contributed by atoms with Crippen LogP contribution in [0.3, 0.4) is 0 Å². The number of amides is 1. The normalized spacial score (nSPS) is 15.3. The van der Waals surface area contributed by atoms with E-state index in [1.54, 1.807) is 11.3 Å². The fourth-order valence-corrected chi connectivity index (χ4v) is 4.64. The average Bonchev–Trinajstić information content (AvgIpc) is 3.30. The smallest absolute Gasteiger partial charge is 0.263 e. The molecule has 1 amide bonds. The third-order valence-corrected chi connectivity index (χ3v) is 6.55. The molecule has 1 aliphatic rings. The first kappa shape index (κ1) is 18.0. The molecule has 1 aromatic carbocycles. The van der Waals surface area contributed by atoms with Gasteiger partial charge in [-0.25, -0.2) is 0 Å². The highest BCUT2D eigenvalue weighted by molar-refractivity contribution is 7.17. The minimum absolute atomic E-state index is 0.164. The molecule has 1 fully saturated rings. The molecule has 0 N–H and O–H groups in total. The minimum Gasteiger partial charge on any atom is -0.338 e. The molecule has 0 spiro atoms. The Morgan fingerprint density at radius 3 is 2.56 bits per heavy atom. The van der Waals surface area contributed by atoms with Crippen LogP contribution in [0.25, 0.3) is 10.6 Å². The van der Waals surface area contributed by atoms with Gasteiger partial charge in [-0.3, -0.25) is 9.48 Å². The average molecular weight is 380 g/mol. The number of carbonyl (C=O) groups excluding carboxylic acids is 1. The molecule has 0 radical (unpaired) electrons. The van der Waals surface area contributed by atoms with E-state index >= 15 is 0 Å². The van der Waals surface area contributed by atoms with Gasteiger partial charge >= 0.3 is 0 Å². The van der Waals surface area contributed by atoms with E-state index in [1.807, 2.05) is 35.7 Å². The number of likely N-dealkylation sites (tertiary alicyclic amines) is 1. The van der Waals surface area contributed by atoms with Crippen molar-refractivity contribution in [3.05, 3.63) is 64.7 Å². The summed E-state index contributed by atoms with van der Waals surface area (Å²) in [6, 6.07) is 16.7. The molecule has 0 aliphatic carbocycles. The van der Waals surface area contributed by atoms with E-state index in [0.717, 1.165) is 53.5 Å². The molecule has 1 saturated heterocycles. The number of aromatic nitrogens is 2. The van der Waals surface area contributed by atoms with Crippen LogP contribution >= 0.6 is 11.3 Å². The molecule has 1 aliphatic heterocycles. The molecule has 0 saturated carbocycles. The molecule has 27 heavy (non-hydrogen) atoms. The monoisotopic (exact) mass is 379 g/mol. The van der Waals surface area contributed by atoms with Crippen molar-refractivity contribution in [1.29, 1.82) is 0 Å². The number of benzene rings is 1. The van der Waals surface area contributed by atoms with Gasteiger partial charge in [-0.1, -0.05) is 30.3 Å². The number of rotatable bonds is 4. The predicted octanol–water partition coefficient (Wildman–Crippen LogP) is 4.55. The Kier molecular flexibility index (Phi) is 5.12. The lowest BCUT2D eigenvalue weighted by Crippen LogP contribution is -2.38. The number of hydrogen-bond donors (Lipinski definition) is 0. The third kappa shape index (κ3) is 3.98. The summed E-state index contributed by atoms with van der Waals surface area (Å²) in [6.07, 6.45) is 3.28. The first-order chi connectivity index (χ1) is 13.1. The second-order valence-corrected chi connectivity index (χ2v) is 8.47. The lowest BCUT2D eigenvalue weighted by molar-refractivity contribution is 0.0695. The van der Waals surface area contributed by atoms with Gasteiger partial charge in [0.15, 0.2) is 0 Å². The maximum atomic E-state index is 12.9. The summed E-state index contributed by atoms with van der Waals surface area (Å²) < 4.78 is 1.87. The van der Waals surface area contributed by atoms with Crippen LogP contribution in [-0.2, 0) is 13.5 Å². The fraction of sp³-hybridized carbons (Fsp3) is 0.364. The first-order valence-electron chi connectivity index (χ1n) is 9.54. The Morgan fingerprint density at radius 1 is 1.15 bits per heavy atom. The van der Waals surface area contributed by atoms with Gasteiger partial charge in [-0.15, -0.1) is 11.3 Å². The van der Waals surface area contributed by atoms with E-state index in [2.05, 4.69) is 41.5 Å². The van der Waals surface area contributed by atoms with Gasteiger partial charge < -0.3 is 4.90 Å². The highest BCUT2D eigenvalue weighted by atomic mass is 32.1. The summed E-state index contributed by atoms with van der Waals surface area (Å²) in [6.45, 7) is 3.74. The van der Waals surface area contributed by atoms with Crippen molar-refractivity contribution in [3.8, 4) is 10.6 Å². The molecule has 0 bridgehead atoms. The van der Waals surface area contributed by atoms with Crippen LogP contribution in [0, 0.1) is 12.8 Å². The number of carbonyl (C=O) groups is 1. The maximum Gasteiger partial charge on any atom is 0.263 e. The summed E-state index contributed by atoms with van der Waals surface area (Å²) in [5.41, 5.74) is 3.46. The lowest BCUT2D eigenvalue weighted by atomic mass is 9.90. The highest BCUT2D eigenvalue weighted by Gasteiger charge is 2.25. The SMILES string of the molecule is Cc1cc(-c2ccc(C(=O)N3CCC(Cc4ccccc4)CC3)s2)nn1C. The molecule has 4 nitrogen and oxygen atoms in total. The lowest BCUT2D eigenvalue weighted by Gasteiger charge is -2.31. The Morgan fingerprint density at radius 2 is 1.89 bits per heavy atom. The van der Waals surface area contributed by atoms with E-state index < -0.39 is 0 Å². The Hall–Kier alpha value is -2.40. The molecule has 140 valence electrons. The summed E-state index contributed by atoms with van der Waals surface area (Å²) >= 11 is 1.55. The van der Waals surface area contributed by atoms with Gasteiger partial charge in [0.05, 0.1) is 9.75 Å². The van der Waals surface area contributed by atoms with Crippen molar-refractivity contribution >= 4 is 17.2 Å². The van der Waals surface area contributed by atoms with Crippen LogP contribution < -0.4 is 0 Å². The van der Waals surface area contributed by atoms with E-state index in [9.17, 15) is 4.79 Å². The topological polar surface area (TPSA) is 38.1 Å². The molecule has 0 unspecified atom stereocenters. The van der Waals surface area contributed by atoms with Crippen LogP contribution in [0.4, 0.5) is 0 Å². The van der Waals surface area contributed by atoms with E-state index in [4.69, 9.17) is 0 Å². The highest BCUT2D eigenvalue weighted by Crippen LogP contribution is 2.30. The number of nitrogens with zero attached hydrogens (tertiary/aromatic N) is 3. The second kappa shape index (κ2) is 7.69. The van der Waals surface area contributed by atoms with Crippen LogP contribution in [0.5, 0.6) is 0 Å².